The van der Waals surface area contributed by atoms with Gasteiger partial charge in [-0.3, -0.25) is 9.69 Å². The van der Waals surface area contributed by atoms with E-state index in [4.69, 9.17) is 0 Å². The van der Waals surface area contributed by atoms with Crippen LogP contribution < -0.4 is 0 Å². The molecule has 3 rings (SSSR count). The largest absolute Gasteiger partial charge is 0.296 e. The van der Waals surface area contributed by atoms with E-state index in [2.05, 4.69) is 61.1 Å². The van der Waals surface area contributed by atoms with Crippen LogP contribution in [0.15, 0.2) is 78.4 Å². The van der Waals surface area contributed by atoms with Crippen LogP contribution in [0.25, 0.3) is 6.08 Å². The lowest BCUT2D eigenvalue weighted by molar-refractivity contribution is -0.571. The number of benzene rings is 2. The summed E-state index contributed by atoms with van der Waals surface area (Å²) in [7, 11) is 1.91. The monoisotopic (exact) mass is 373 g/mol. The average Bonchev–Trinajstić information content (AvgIpc) is 2.94. The molecule has 2 aromatic carbocycles. The van der Waals surface area contributed by atoms with Crippen molar-refractivity contribution in [1.29, 1.82) is 0 Å². The summed E-state index contributed by atoms with van der Waals surface area (Å²) >= 11 is 0. The molecule has 1 fully saturated rings. The SMILES string of the molecule is CC/C=C(\C)[C@@H]1N(C)C(=O)[C@H](Cc2ccccc2)/[N+]1=C\C=C\c1ccccc1. The molecule has 1 amide bonds. The van der Waals surface area contributed by atoms with Crippen molar-refractivity contribution in [2.75, 3.05) is 7.05 Å². The molecule has 2 aromatic rings. The first-order valence-corrected chi connectivity index (χ1v) is 9.93. The van der Waals surface area contributed by atoms with E-state index < -0.39 is 0 Å². The average molecular weight is 374 g/mol. The number of nitrogens with zero attached hydrogens (tertiary/aromatic N) is 2. The number of likely N-dealkylation sites (N-methyl/N-ethyl adjacent to an activating group) is 1. The summed E-state index contributed by atoms with van der Waals surface area (Å²) in [4.78, 5) is 15.0. The highest BCUT2D eigenvalue weighted by molar-refractivity contribution is 5.85. The summed E-state index contributed by atoms with van der Waals surface area (Å²) in [5, 5.41) is 0. The van der Waals surface area contributed by atoms with Gasteiger partial charge >= 0.3 is 0 Å². The van der Waals surface area contributed by atoms with Crippen LogP contribution >= 0.6 is 0 Å². The first kappa shape index (κ1) is 19.8. The van der Waals surface area contributed by atoms with Crippen molar-refractivity contribution in [3.63, 3.8) is 0 Å². The Bertz CT molecular complexity index is 881. The summed E-state index contributed by atoms with van der Waals surface area (Å²) in [5.74, 6) is 0.169. The number of rotatable bonds is 6. The molecule has 3 nitrogen and oxygen atoms in total. The molecule has 1 aliphatic rings. The number of allylic oxidation sites excluding steroid dienone is 2. The molecule has 3 heteroatoms. The maximum atomic E-state index is 13.1. The third-order valence-corrected chi connectivity index (χ3v) is 5.19. The van der Waals surface area contributed by atoms with Gasteiger partial charge in [0.25, 0.3) is 12.1 Å². The zero-order chi connectivity index (χ0) is 19.9. The summed E-state index contributed by atoms with van der Waals surface area (Å²) in [5.41, 5.74) is 3.53. The predicted octanol–water partition coefficient (Wildman–Crippen LogP) is 4.55. The molecule has 0 unspecified atom stereocenters. The highest BCUT2D eigenvalue weighted by atomic mass is 16.2. The number of amides is 1. The van der Waals surface area contributed by atoms with Crippen molar-refractivity contribution in [1.82, 2.24) is 4.90 Å². The van der Waals surface area contributed by atoms with Crippen LogP contribution in [0.5, 0.6) is 0 Å². The molecule has 2 atom stereocenters. The number of hydrogen-bond acceptors (Lipinski definition) is 1. The van der Waals surface area contributed by atoms with Crippen molar-refractivity contribution in [2.45, 2.75) is 38.9 Å². The fourth-order valence-corrected chi connectivity index (χ4v) is 3.85. The standard InChI is InChI=1S/C25H29N2O/c1-4-12-20(2)24-26(3)25(28)23(19-22-15-9-6-10-16-22)27(24)18-11-17-21-13-7-5-8-14-21/h5-18,23-24H,4,19H2,1-3H3/q+1/b17-11+,20-12+,27-18+/t23-,24+/m0/s1. The van der Waals surface area contributed by atoms with Crippen molar-refractivity contribution in [2.24, 2.45) is 0 Å². The minimum absolute atomic E-state index is 0.0402. The summed E-state index contributed by atoms with van der Waals surface area (Å²) < 4.78 is 2.20. The lowest BCUT2D eigenvalue weighted by atomic mass is 10.1. The Morgan fingerprint density at radius 3 is 2.36 bits per heavy atom. The second kappa shape index (κ2) is 9.32. The molecule has 0 aliphatic carbocycles. The summed E-state index contributed by atoms with van der Waals surface area (Å²) in [6.45, 7) is 4.25. The fourth-order valence-electron chi connectivity index (χ4n) is 3.85. The molecule has 0 N–H and O–H groups in total. The Balaban J connectivity index is 1.96. The van der Waals surface area contributed by atoms with Crippen molar-refractivity contribution in [3.8, 4) is 0 Å². The Labute approximate surface area is 168 Å². The van der Waals surface area contributed by atoms with Crippen molar-refractivity contribution in [3.05, 3.63) is 89.5 Å². The molecule has 1 aliphatic heterocycles. The molecule has 0 bridgehead atoms. The molecule has 0 saturated carbocycles. The van der Waals surface area contributed by atoms with Crippen LogP contribution in [0.2, 0.25) is 0 Å². The van der Waals surface area contributed by atoms with E-state index in [1.165, 1.54) is 11.1 Å². The molecular formula is C25H29N2O+. The zero-order valence-electron chi connectivity index (χ0n) is 17.0. The van der Waals surface area contributed by atoms with Gasteiger partial charge in [0.2, 0.25) is 6.04 Å². The lowest BCUT2D eigenvalue weighted by Crippen LogP contribution is -2.34. The Hall–Kier alpha value is -2.94. The molecule has 0 aromatic heterocycles. The van der Waals surface area contributed by atoms with Crippen LogP contribution in [0.4, 0.5) is 0 Å². The normalized spacial score (nSPS) is 21.8. The number of carbonyl (C=O) groups is 1. The van der Waals surface area contributed by atoms with Crippen LogP contribution in [-0.4, -0.2) is 40.9 Å². The molecular weight excluding hydrogens is 344 g/mol. The highest BCUT2D eigenvalue weighted by Gasteiger charge is 2.48. The van der Waals surface area contributed by atoms with Crippen molar-refractivity contribution >= 4 is 18.2 Å². The van der Waals surface area contributed by atoms with Gasteiger partial charge < -0.3 is 0 Å². The Morgan fingerprint density at radius 2 is 1.71 bits per heavy atom. The second-order valence-electron chi connectivity index (χ2n) is 7.25. The topological polar surface area (TPSA) is 23.3 Å². The van der Waals surface area contributed by atoms with Crippen molar-refractivity contribution < 1.29 is 9.37 Å². The third kappa shape index (κ3) is 4.48. The van der Waals surface area contributed by atoms with Gasteiger partial charge in [-0.1, -0.05) is 73.7 Å². The van der Waals surface area contributed by atoms with Crippen LogP contribution in [0.3, 0.4) is 0 Å². The van der Waals surface area contributed by atoms with Gasteiger partial charge in [-0.05, 0) is 30.5 Å². The predicted molar refractivity (Wildman–Crippen MR) is 116 cm³/mol. The van der Waals surface area contributed by atoms with E-state index in [9.17, 15) is 4.79 Å². The smallest absolute Gasteiger partial charge is 0.278 e. The quantitative estimate of drug-likeness (QED) is 0.538. The molecule has 1 heterocycles. The van der Waals surface area contributed by atoms with E-state index in [1.54, 1.807) is 0 Å². The first-order valence-electron chi connectivity index (χ1n) is 9.93. The minimum atomic E-state index is -0.196. The van der Waals surface area contributed by atoms with Gasteiger partial charge in [0.05, 0.1) is 0 Å². The number of hydrogen-bond donors (Lipinski definition) is 0. The van der Waals surface area contributed by atoms with Gasteiger partial charge in [0.15, 0.2) is 6.21 Å². The Kier molecular flexibility index (Phi) is 6.59. The highest BCUT2D eigenvalue weighted by Crippen LogP contribution is 2.24. The fraction of sp³-hybridized carbons (Fsp3) is 0.280. The molecule has 0 spiro atoms. The first-order chi connectivity index (χ1) is 13.6. The van der Waals surface area contributed by atoms with Gasteiger partial charge in [-0.15, -0.1) is 0 Å². The second-order valence-corrected chi connectivity index (χ2v) is 7.25. The summed E-state index contributed by atoms with van der Waals surface area (Å²) in [6.07, 6.45) is 10.0. The maximum Gasteiger partial charge on any atom is 0.296 e. The third-order valence-electron chi connectivity index (χ3n) is 5.19. The van der Waals surface area contributed by atoms with Gasteiger partial charge in [0, 0.05) is 25.1 Å². The molecule has 0 radical (unpaired) electrons. The van der Waals surface area contributed by atoms with E-state index >= 15 is 0 Å². The summed E-state index contributed by atoms with van der Waals surface area (Å²) in [6, 6.07) is 20.3. The molecule has 144 valence electrons. The van der Waals surface area contributed by atoms with Crippen LogP contribution in [0, 0.1) is 0 Å². The number of carbonyl (C=O) groups excluding carboxylic acids is 1. The van der Waals surface area contributed by atoms with E-state index in [0.29, 0.717) is 6.42 Å². The van der Waals surface area contributed by atoms with Gasteiger partial charge in [0.1, 0.15) is 0 Å². The van der Waals surface area contributed by atoms with Gasteiger partial charge in [-0.25, -0.2) is 0 Å². The van der Waals surface area contributed by atoms with E-state index in [0.717, 1.165) is 12.0 Å². The van der Waals surface area contributed by atoms with E-state index in [1.807, 2.05) is 54.4 Å². The molecule has 1 saturated heterocycles. The van der Waals surface area contributed by atoms with Crippen LogP contribution in [-0.2, 0) is 11.2 Å². The van der Waals surface area contributed by atoms with E-state index in [-0.39, 0.29) is 18.1 Å². The zero-order valence-corrected chi connectivity index (χ0v) is 17.0. The molecule has 28 heavy (non-hydrogen) atoms. The lowest BCUT2D eigenvalue weighted by Gasteiger charge is -2.16. The van der Waals surface area contributed by atoms with Crippen LogP contribution in [0.1, 0.15) is 31.4 Å². The maximum absolute atomic E-state index is 13.1. The van der Waals surface area contributed by atoms with Gasteiger partial charge in [-0.2, -0.15) is 4.58 Å². The Morgan fingerprint density at radius 1 is 1.07 bits per heavy atom. The minimum Gasteiger partial charge on any atom is -0.278 e.